The minimum atomic E-state index is 0.107. The first-order valence-electron chi connectivity index (χ1n) is 5.95. The van der Waals surface area contributed by atoms with Crippen molar-refractivity contribution in [3.8, 4) is 0 Å². The lowest BCUT2D eigenvalue weighted by atomic mass is 9.94. The van der Waals surface area contributed by atoms with Crippen LogP contribution >= 0.6 is 0 Å². The molecule has 1 heterocycles. The maximum atomic E-state index is 11.4. The second-order valence-electron chi connectivity index (χ2n) is 4.27. The first kappa shape index (κ1) is 12.5. The number of amides is 1. The van der Waals surface area contributed by atoms with E-state index in [1.807, 2.05) is 0 Å². The number of nitrogens with one attached hydrogen (secondary N) is 1. The molecule has 1 aliphatic heterocycles. The van der Waals surface area contributed by atoms with E-state index in [-0.39, 0.29) is 5.91 Å². The van der Waals surface area contributed by atoms with Gasteiger partial charge in [-0.05, 0) is 31.8 Å². The van der Waals surface area contributed by atoms with Gasteiger partial charge in [-0.3, -0.25) is 9.69 Å². The highest BCUT2D eigenvalue weighted by atomic mass is 16.2. The van der Waals surface area contributed by atoms with Crippen molar-refractivity contribution in [1.82, 2.24) is 10.2 Å². The summed E-state index contributed by atoms with van der Waals surface area (Å²) in [6, 6.07) is 0. The van der Waals surface area contributed by atoms with E-state index in [0.29, 0.717) is 19.6 Å². The van der Waals surface area contributed by atoms with Gasteiger partial charge in [-0.25, -0.2) is 0 Å². The van der Waals surface area contributed by atoms with Gasteiger partial charge in [0.05, 0.1) is 6.54 Å². The number of hydrogen-bond donors (Lipinski definition) is 2. The Bertz CT molecular complexity index is 188. The summed E-state index contributed by atoms with van der Waals surface area (Å²) in [6.07, 6.45) is 3.74. The van der Waals surface area contributed by atoms with Gasteiger partial charge in [0.2, 0.25) is 5.91 Å². The Balaban J connectivity index is 2.15. The maximum absolute atomic E-state index is 11.4. The van der Waals surface area contributed by atoms with Crippen LogP contribution in [-0.2, 0) is 4.79 Å². The molecule has 1 amide bonds. The van der Waals surface area contributed by atoms with Gasteiger partial charge in [-0.1, -0.05) is 13.3 Å². The molecule has 15 heavy (non-hydrogen) atoms. The van der Waals surface area contributed by atoms with Gasteiger partial charge in [0.25, 0.3) is 0 Å². The predicted molar refractivity (Wildman–Crippen MR) is 61.5 cm³/mol. The quantitative estimate of drug-likeness (QED) is 0.685. The second kappa shape index (κ2) is 6.80. The van der Waals surface area contributed by atoms with E-state index in [2.05, 4.69) is 17.1 Å². The van der Waals surface area contributed by atoms with Crippen LogP contribution in [0.1, 0.15) is 26.2 Å². The fourth-order valence-corrected chi connectivity index (χ4v) is 2.02. The molecule has 0 saturated carbocycles. The zero-order valence-electron chi connectivity index (χ0n) is 9.67. The van der Waals surface area contributed by atoms with E-state index in [9.17, 15) is 4.79 Å². The Morgan fingerprint density at radius 1 is 1.47 bits per heavy atom. The van der Waals surface area contributed by atoms with Crippen LogP contribution in [0.5, 0.6) is 0 Å². The Labute approximate surface area is 92.2 Å². The molecule has 0 aromatic heterocycles. The molecule has 88 valence electrons. The molecule has 0 aliphatic carbocycles. The average Bonchev–Trinajstić information content (AvgIpc) is 2.27. The molecule has 1 fully saturated rings. The standard InChI is InChI=1S/C11H23N3O/c1-2-10-3-7-14(8-4-10)9-11(15)13-6-5-12/h10H,2-9,12H2,1H3,(H,13,15). The van der Waals surface area contributed by atoms with Crippen molar-refractivity contribution in [3.05, 3.63) is 0 Å². The van der Waals surface area contributed by atoms with Crippen LogP contribution in [0.2, 0.25) is 0 Å². The molecular weight excluding hydrogens is 190 g/mol. The zero-order valence-corrected chi connectivity index (χ0v) is 9.67. The smallest absolute Gasteiger partial charge is 0.234 e. The lowest BCUT2D eigenvalue weighted by Crippen LogP contribution is -2.42. The Morgan fingerprint density at radius 2 is 2.13 bits per heavy atom. The normalized spacial score (nSPS) is 19.1. The number of carbonyl (C=O) groups excluding carboxylic acids is 1. The molecule has 1 saturated heterocycles. The minimum absolute atomic E-state index is 0.107. The molecule has 0 aromatic rings. The SMILES string of the molecule is CCC1CCN(CC(=O)NCCN)CC1. The van der Waals surface area contributed by atoms with Crippen molar-refractivity contribution >= 4 is 5.91 Å². The number of likely N-dealkylation sites (tertiary alicyclic amines) is 1. The summed E-state index contributed by atoms with van der Waals surface area (Å²) in [5.41, 5.74) is 5.32. The van der Waals surface area contributed by atoms with Crippen molar-refractivity contribution in [2.75, 3.05) is 32.7 Å². The monoisotopic (exact) mass is 213 g/mol. The van der Waals surface area contributed by atoms with E-state index in [4.69, 9.17) is 5.73 Å². The minimum Gasteiger partial charge on any atom is -0.354 e. The van der Waals surface area contributed by atoms with Crippen LogP contribution in [0.3, 0.4) is 0 Å². The van der Waals surface area contributed by atoms with Crippen LogP contribution in [0.4, 0.5) is 0 Å². The van der Waals surface area contributed by atoms with Crippen molar-refractivity contribution in [2.45, 2.75) is 26.2 Å². The van der Waals surface area contributed by atoms with Gasteiger partial charge in [0.15, 0.2) is 0 Å². The Hall–Kier alpha value is -0.610. The number of nitrogens with zero attached hydrogens (tertiary/aromatic N) is 1. The highest BCUT2D eigenvalue weighted by Gasteiger charge is 2.19. The zero-order chi connectivity index (χ0) is 11.1. The number of rotatable bonds is 5. The lowest BCUT2D eigenvalue weighted by Gasteiger charge is -2.30. The molecule has 0 bridgehead atoms. The van der Waals surface area contributed by atoms with Gasteiger partial charge in [-0.15, -0.1) is 0 Å². The Kier molecular flexibility index (Phi) is 5.65. The van der Waals surface area contributed by atoms with Gasteiger partial charge < -0.3 is 11.1 Å². The summed E-state index contributed by atoms with van der Waals surface area (Å²) < 4.78 is 0. The van der Waals surface area contributed by atoms with Gasteiger partial charge in [0.1, 0.15) is 0 Å². The summed E-state index contributed by atoms with van der Waals surface area (Å²) >= 11 is 0. The first-order valence-corrected chi connectivity index (χ1v) is 5.95. The summed E-state index contributed by atoms with van der Waals surface area (Å²) in [7, 11) is 0. The summed E-state index contributed by atoms with van der Waals surface area (Å²) in [5.74, 6) is 0.976. The van der Waals surface area contributed by atoms with Crippen LogP contribution in [0.25, 0.3) is 0 Å². The molecule has 4 heteroatoms. The summed E-state index contributed by atoms with van der Waals surface area (Å²) in [5, 5.41) is 2.80. The van der Waals surface area contributed by atoms with Gasteiger partial charge in [-0.2, -0.15) is 0 Å². The molecule has 0 atom stereocenters. The molecule has 0 radical (unpaired) electrons. The number of piperidine rings is 1. The third kappa shape index (κ3) is 4.62. The van der Waals surface area contributed by atoms with E-state index in [0.717, 1.165) is 19.0 Å². The average molecular weight is 213 g/mol. The van der Waals surface area contributed by atoms with Crippen molar-refractivity contribution in [1.29, 1.82) is 0 Å². The van der Waals surface area contributed by atoms with Crippen molar-refractivity contribution < 1.29 is 4.79 Å². The predicted octanol–water partition coefficient (Wildman–Crippen LogP) is 0.183. The molecule has 1 rings (SSSR count). The van der Waals surface area contributed by atoms with Crippen molar-refractivity contribution in [3.63, 3.8) is 0 Å². The molecule has 0 unspecified atom stereocenters. The third-order valence-electron chi connectivity index (χ3n) is 3.12. The molecule has 1 aliphatic rings. The fraction of sp³-hybridized carbons (Fsp3) is 0.909. The van der Waals surface area contributed by atoms with E-state index >= 15 is 0 Å². The van der Waals surface area contributed by atoms with E-state index < -0.39 is 0 Å². The molecule has 4 nitrogen and oxygen atoms in total. The van der Waals surface area contributed by atoms with Gasteiger partial charge >= 0.3 is 0 Å². The summed E-state index contributed by atoms with van der Waals surface area (Å²) in [4.78, 5) is 13.6. The highest BCUT2D eigenvalue weighted by Crippen LogP contribution is 2.19. The molecular formula is C11H23N3O. The second-order valence-corrected chi connectivity index (χ2v) is 4.27. The maximum Gasteiger partial charge on any atom is 0.234 e. The van der Waals surface area contributed by atoms with E-state index in [1.54, 1.807) is 0 Å². The van der Waals surface area contributed by atoms with E-state index in [1.165, 1.54) is 19.3 Å². The van der Waals surface area contributed by atoms with Crippen LogP contribution < -0.4 is 11.1 Å². The first-order chi connectivity index (χ1) is 7.26. The fourth-order valence-electron chi connectivity index (χ4n) is 2.02. The lowest BCUT2D eigenvalue weighted by molar-refractivity contribution is -0.122. The topological polar surface area (TPSA) is 58.4 Å². The molecule has 0 spiro atoms. The van der Waals surface area contributed by atoms with Crippen LogP contribution in [0.15, 0.2) is 0 Å². The van der Waals surface area contributed by atoms with Crippen molar-refractivity contribution in [2.24, 2.45) is 11.7 Å². The van der Waals surface area contributed by atoms with Crippen LogP contribution in [0, 0.1) is 5.92 Å². The summed E-state index contributed by atoms with van der Waals surface area (Å²) in [6.45, 7) is 6.02. The number of carbonyl (C=O) groups is 1. The molecule has 3 N–H and O–H groups in total. The van der Waals surface area contributed by atoms with Gasteiger partial charge in [0, 0.05) is 13.1 Å². The van der Waals surface area contributed by atoms with Crippen LogP contribution in [-0.4, -0.2) is 43.5 Å². The highest BCUT2D eigenvalue weighted by molar-refractivity contribution is 5.77. The number of hydrogen-bond acceptors (Lipinski definition) is 3. The largest absolute Gasteiger partial charge is 0.354 e. The third-order valence-corrected chi connectivity index (χ3v) is 3.12. The Morgan fingerprint density at radius 3 is 2.67 bits per heavy atom. The number of nitrogens with two attached hydrogens (primary N) is 1. The molecule has 0 aromatic carbocycles.